The number of fused-ring (bicyclic) bond motifs is 2. The first kappa shape index (κ1) is 18.0. The molecule has 1 amide bonds. The number of carbonyl (C=O) groups is 2. The lowest BCUT2D eigenvalue weighted by atomic mass is 9.64. The third-order valence-electron chi connectivity index (χ3n) is 7.68. The molecule has 140 valence electrons. The molecule has 4 rings (SSSR count). The second-order valence-electron chi connectivity index (χ2n) is 8.87. The Labute approximate surface area is 161 Å². The van der Waals surface area contributed by atoms with Crippen molar-refractivity contribution in [1.29, 1.82) is 0 Å². The van der Waals surface area contributed by atoms with Gasteiger partial charge in [-0.15, -0.1) is 0 Å². The Bertz CT molecular complexity index is 834. The van der Waals surface area contributed by atoms with Gasteiger partial charge in [-0.1, -0.05) is 81.4 Å². The van der Waals surface area contributed by atoms with Gasteiger partial charge >= 0.3 is 0 Å². The summed E-state index contributed by atoms with van der Waals surface area (Å²) in [7, 11) is 0. The summed E-state index contributed by atoms with van der Waals surface area (Å²) in [5.74, 6) is 0.254. The van der Waals surface area contributed by atoms with Crippen LogP contribution in [0.3, 0.4) is 0 Å². The number of hydrogen-bond acceptors (Lipinski definition) is 2. The van der Waals surface area contributed by atoms with Gasteiger partial charge in [-0.25, -0.2) is 0 Å². The van der Waals surface area contributed by atoms with E-state index in [2.05, 4.69) is 19.2 Å². The lowest BCUT2D eigenvalue weighted by Gasteiger charge is -2.39. The minimum Gasteiger partial charge on any atom is -0.345 e. The molecule has 0 heterocycles. The van der Waals surface area contributed by atoms with Crippen LogP contribution < -0.4 is 5.32 Å². The molecule has 2 fully saturated rings. The normalized spacial score (nSPS) is 28.5. The molecule has 2 atom stereocenters. The number of benzene rings is 2. The van der Waals surface area contributed by atoms with Crippen LogP contribution in [0.1, 0.15) is 57.2 Å². The molecule has 2 aliphatic rings. The van der Waals surface area contributed by atoms with E-state index in [1.165, 1.54) is 0 Å². The highest BCUT2D eigenvalue weighted by molar-refractivity contribution is 5.99. The molecule has 2 aliphatic carbocycles. The molecular weight excluding hydrogens is 334 g/mol. The summed E-state index contributed by atoms with van der Waals surface area (Å²) in [4.78, 5) is 26.4. The third kappa shape index (κ3) is 2.40. The van der Waals surface area contributed by atoms with E-state index in [9.17, 15) is 9.59 Å². The summed E-state index contributed by atoms with van der Waals surface area (Å²) in [5.41, 5.74) is 0.770. The SMILES string of the molecule is CC12CCC(C(=O)NC(c3ccccc3)c3ccccc3)(CC1=O)C2(C)C. The van der Waals surface area contributed by atoms with E-state index in [0.29, 0.717) is 6.42 Å². The van der Waals surface area contributed by atoms with Gasteiger partial charge < -0.3 is 5.32 Å². The Morgan fingerprint density at radius 1 is 0.889 bits per heavy atom. The minimum absolute atomic E-state index is 0.0137. The minimum atomic E-state index is -0.610. The van der Waals surface area contributed by atoms with E-state index in [-0.39, 0.29) is 28.6 Å². The highest BCUT2D eigenvalue weighted by Gasteiger charge is 2.72. The Balaban J connectivity index is 1.71. The summed E-state index contributed by atoms with van der Waals surface area (Å²) in [6.07, 6.45) is 1.94. The highest BCUT2D eigenvalue weighted by Crippen LogP contribution is 2.70. The number of nitrogens with one attached hydrogen (secondary N) is 1. The molecule has 3 nitrogen and oxygen atoms in total. The van der Waals surface area contributed by atoms with Gasteiger partial charge in [-0.05, 0) is 29.4 Å². The second-order valence-corrected chi connectivity index (χ2v) is 8.87. The van der Waals surface area contributed by atoms with Crippen molar-refractivity contribution in [2.75, 3.05) is 0 Å². The zero-order chi connectivity index (χ0) is 19.3. The quantitative estimate of drug-likeness (QED) is 0.859. The van der Waals surface area contributed by atoms with Crippen LogP contribution in [0.5, 0.6) is 0 Å². The lowest BCUT2D eigenvalue weighted by Crippen LogP contribution is -2.47. The van der Waals surface area contributed by atoms with E-state index in [0.717, 1.165) is 24.0 Å². The molecule has 0 aliphatic heterocycles. The van der Waals surface area contributed by atoms with Crippen molar-refractivity contribution in [3.05, 3.63) is 71.8 Å². The third-order valence-corrected chi connectivity index (χ3v) is 7.68. The number of rotatable bonds is 4. The van der Waals surface area contributed by atoms with E-state index in [4.69, 9.17) is 0 Å². The monoisotopic (exact) mass is 361 g/mol. The molecule has 2 unspecified atom stereocenters. The fraction of sp³-hybridized carbons (Fsp3) is 0.417. The van der Waals surface area contributed by atoms with Crippen molar-refractivity contribution in [1.82, 2.24) is 5.32 Å². The summed E-state index contributed by atoms with van der Waals surface area (Å²) in [6, 6.07) is 19.9. The van der Waals surface area contributed by atoms with Gasteiger partial charge in [0.25, 0.3) is 0 Å². The maximum absolute atomic E-state index is 13.6. The fourth-order valence-electron chi connectivity index (χ4n) is 5.28. The smallest absolute Gasteiger partial charge is 0.227 e. The molecule has 2 bridgehead atoms. The molecule has 0 saturated heterocycles. The van der Waals surface area contributed by atoms with E-state index >= 15 is 0 Å². The molecule has 27 heavy (non-hydrogen) atoms. The van der Waals surface area contributed by atoms with Crippen molar-refractivity contribution >= 4 is 11.7 Å². The topological polar surface area (TPSA) is 46.2 Å². The van der Waals surface area contributed by atoms with Crippen LogP contribution in [-0.2, 0) is 9.59 Å². The molecule has 3 heteroatoms. The summed E-state index contributed by atoms with van der Waals surface area (Å²) in [6.45, 7) is 6.25. The average Bonchev–Trinajstić information content (AvgIpc) is 2.97. The Hall–Kier alpha value is -2.42. The van der Waals surface area contributed by atoms with Crippen LogP contribution in [0.4, 0.5) is 0 Å². The van der Waals surface area contributed by atoms with Crippen LogP contribution >= 0.6 is 0 Å². The van der Waals surface area contributed by atoms with Gasteiger partial charge in [0.15, 0.2) is 0 Å². The molecule has 2 aromatic carbocycles. The Morgan fingerprint density at radius 2 is 1.41 bits per heavy atom. The maximum Gasteiger partial charge on any atom is 0.227 e. The van der Waals surface area contributed by atoms with Gasteiger partial charge in [-0.2, -0.15) is 0 Å². The van der Waals surface area contributed by atoms with Crippen LogP contribution in [0.25, 0.3) is 0 Å². The Kier molecular flexibility index (Phi) is 4.03. The average molecular weight is 361 g/mol. The maximum atomic E-state index is 13.6. The van der Waals surface area contributed by atoms with Gasteiger partial charge in [0.05, 0.1) is 11.5 Å². The molecule has 1 N–H and O–H groups in total. The van der Waals surface area contributed by atoms with Crippen LogP contribution in [0.15, 0.2) is 60.7 Å². The predicted octanol–water partition coefficient (Wildman–Crippen LogP) is 4.68. The first-order valence-electron chi connectivity index (χ1n) is 9.76. The predicted molar refractivity (Wildman–Crippen MR) is 106 cm³/mol. The van der Waals surface area contributed by atoms with Crippen molar-refractivity contribution in [3.8, 4) is 0 Å². The van der Waals surface area contributed by atoms with Crippen LogP contribution in [0, 0.1) is 16.2 Å². The highest BCUT2D eigenvalue weighted by atomic mass is 16.2. The first-order chi connectivity index (χ1) is 12.8. The van der Waals surface area contributed by atoms with Gasteiger partial charge in [0, 0.05) is 11.8 Å². The lowest BCUT2D eigenvalue weighted by molar-refractivity contribution is -0.137. The summed E-state index contributed by atoms with van der Waals surface area (Å²) < 4.78 is 0. The fourth-order valence-corrected chi connectivity index (χ4v) is 5.28. The van der Waals surface area contributed by atoms with Gasteiger partial charge in [-0.3, -0.25) is 9.59 Å². The first-order valence-corrected chi connectivity index (χ1v) is 9.76. The number of Topliss-reactive ketones (excluding diaryl/α,β-unsaturated/α-hetero) is 1. The van der Waals surface area contributed by atoms with Crippen molar-refractivity contribution in [2.24, 2.45) is 16.2 Å². The molecule has 0 aromatic heterocycles. The largest absolute Gasteiger partial charge is 0.345 e. The van der Waals surface area contributed by atoms with E-state index in [1.54, 1.807) is 0 Å². The molecule has 2 saturated carbocycles. The van der Waals surface area contributed by atoms with Crippen molar-refractivity contribution in [3.63, 3.8) is 0 Å². The molecular formula is C24H27NO2. The number of carbonyl (C=O) groups excluding carboxylic acids is 2. The standard InChI is InChI=1S/C24H27NO2/c1-22(2)23(3)14-15-24(22,16-19(23)26)21(27)25-20(17-10-6-4-7-11-17)18-12-8-5-9-13-18/h4-13,20H,14-16H2,1-3H3,(H,25,27). The zero-order valence-corrected chi connectivity index (χ0v) is 16.3. The Morgan fingerprint density at radius 3 is 1.81 bits per heavy atom. The van der Waals surface area contributed by atoms with Crippen LogP contribution in [0.2, 0.25) is 0 Å². The molecule has 0 spiro atoms. The summed E-state index contributed by atoms with van der Waals surface area (Å²) >= 11 is 0. The van der Waals surface area contributed by atoms with E-state index in [1.807, 2.05) is 67.6 Å². The molecule has 2 aromatic rings. The number of ketones is 1. The van der Waals surface area contributed by atoms with Crippen molar-refractivity contribution in [2.45, 2.75) is 46.1 Å². The summed E-state index contributed by atoms with van der Waals surface area (Å²) in [5, 5.41) is 3.31. The van der Waals surface area contributed by atoms with Gasteiger partial charge in [0.2, 0.25) is 5.91 Å². The number of hydrogen-bond donors (Lipinski definition) is 1. The van der Waals surface area contributed by atoms with Crippen molar-refractivity contribution < 1.29 is 9.59 Å². The van der Waals surface area contributed by atoms with Crippen LogP contribution in [-0.4, -0.2) is 11.7 Å². The van der Waals surface area contributed by atoms with E-state index < -0.39 is 5.41 Å². The number of amides is 1. The van der Waals surface area contributed by atoms with Gasteiger partial charge in [0.1, 0.15) is 5.78 Å². The molecule has 0 radical (unpaired) electrons. The second kappa shape index (κ2) is 6.05. The zero-order valence-electron chi connectivity index (χ0n) is 16.3.